The molecule has 2 fully saturated rings. The molecule has 0 saturated carbocycles. The van der Waals surface area contributed by atoms with E-state index in [-0.39, 0.29) is 17.2 Å². The molecule has 2 saturated heterocycles. The van der Waals surface area contributed by atoms with E-state index >= 15 is 0 Å². The maximum Gasteiger partial charge on any atom is 0.253 e. The summed E-state index contributed by atoms with van der Waals surface area (Å²) in [6, 6.07) is 15.1. The molecule has 0 unspecified atom stereocenters. The summed E-state index contributed by atoms with van der Waals surface area (Å²) in [7, 11) is 1.65. The molecule has 4 rings (SSSR count). The molecule has 0 atom stereocenters. The zero-order chi connectivity index (χ0) is 22.6. The fourth-order valence-corrected chi connectivity index (χ4v) is 4.63. The molecule has 32 heavy (non-hydrogen) atoms. The highest BCUT2D eigenvalue weighted by Gasteiger charge is 2.45. The maximum atomic E-state index is 12.9. The van der Waals surface area contributed by atoms with Crippen molar-refractivity contribution in [3.8, 4) is 11.5 Å². The number of rotatable bonds is 7. The Morgan fingerprint density at radius 2 is 1.72 bits per heavy atom. The molecule has 0 bridgehead atoms. The average Bonchev–Trinajstić information content (AvgIpc) is 3.12. The Balaban J connectivity index is 1.32. The van der Waals surface area contributed by atoms with Gasteiger partial charge in [0, 0.05) is 43.6 Å². The van der Waals surface area contributed by atoms with Gasteiger partial charge in [-0.2, -0.15) is 0 Å². The highest BCUT2D eigenvalue weighted by Crippen LogP contribution is 2.41. The Hall–Kier alpha value is -3.28. The normalized spacial score (nSPS) is 17.5. The van der Waals surface area contributed by atoms with Crippen molar-refractivity contribution in [3.63, 3.8) is 0 Å². The summed E-state index contributed by atoms with van der Waals surface area (Å²) in [6.07, 6.45) is 3.96. The van der Waals surface area contributed by atoms with Crippen LogP contribution in [0, 0.1) is 5.41 Å². The molecule has 168 valence electrons. The molecule has 0 aromatic heterocycles. The SMILES string of the molecule is C=CCOc1ccc(C(=O)N2CCC3(CC2)CC(=O)N(Cc2ccc(OC)cc2)C3)cc1. The molecule has 2 amide bonds. The Kier molecular flexibility index (Phi) is 6.49. The third-order valence-electron chi connectivity index (χ3n) is 6.52. The average molecular weight is 435 g/mol. The van der Waals surface area contributed by atoms with Crippen molar-refractivity contribution >= 4 is 11.8 Å². The summed E-state index contributed by atoms with van der Waals surface area (Å²) in [5.41, 5.74) is 1.74. The number of likely N-dealkylation sites (tertiary alicyclic amines) is 2. The standard InChI is InChI=1S/C26H30N2O4/c1-3-16-32-23-10-6-21(7-11-23)25(30)27-14-12-26(13-15-27)17-24(29)28(19-26)18-20-4-8-22(31-2)9-5-20/h3-11H,1,12-19H2,2H3. The molecule has 0 radical (unpaired) electrons. The van der Waals surface area contributed by atoms with E-state index in [4.69, 9.17) is 9.47 Å². The predicted molar refractivity (Wildman–Crippen MR) is 123 cm³/mol. The van der Waals surface area contributed by atoms with Gasteiger partial charge in [-0.3, -0.25) is 9.59 Å². The number of carbonyl (C=O) groups is 2. The van der Waals surface area contributed by atoms with Gasteiger partial charge in [-0.15, -0.1) is 0 Å². The van der Waals surface area contributed by atoms with Crippen LogP contribution in [-0.2, 0) is 11.3 Å². The highest BCUT2D eigenvalue weighted by molar-refractivity contribution is 5.94. The number of carbonyl (C=O) groups excluding carboxylic acids is 2. The zero-order valence-electron chi connectivity index (χ0n) is 18.6. The number of amides is 2. The van der Waals surface area contributed by atoms with Crippen LogP contribution < -0.4 is 9.47 Å². The lowest BCUT2D eigenvalue weighted by Crippen LogP contribution is -2.44. The number of ether oxygens (including phenoxy) is 2. The summed E-state index contributed by atoms with van der Waals surface area (Å²) in [6.45, 7) is 6.81. The van der Waals surface area contributed by atoms with E-state index < -0.39 is 0 Å². The highest BCUT2D eigenvalue weighted by atomic mass is 16.5. The minimum atomic E-state index is -0.0251. The van der Waals surface area contributed by atoms with E-state index in [1.54, 1.807) is 25.3 Å². The smallest absolute Gasteiger partial charge is 0.253 e. The second-order valence-corrected chi connectivity index (χ2v) is 8.69. The van der Waals surface area contributed by atoms with Crippen LogP contribution >= 0.6 is 0 Å². The van der Waals surface area contributed by atoms with Crippen molar-refractivity contribution in [1.82, 2.24) is 9.80 Å². The van der Waals surface area contributed by atoms with Crippen LogP contribution in [0.5, 0.6) is 11.5 Å². The second kappa shape index (κ2) is 9.47. The van der Waals surface area contributed by atoms with Crippen LogP contribution in [0.3, 0.4) is 0 Å². The first-order valence-electron chi connectivity index (χ1n) is 11.1. The van der Waals surface area contributed by atoms with Crippen molar-refractivity contribution in [3.05, 3.63) is 72.3 Å². The van der Waals surface area contributed by atoms with Gasteiger partial charge in [0.25, 0.3) is 5.91 Å². The lowest BCUT2D eigenvalue weighted by atomic mass is 9.77. The number of hydrogen-bond acceptors (Lipinski definition) is 4. The van der Waals surface area contributed by atoms with E-state index in [1.165, 1.54) is 0 Å². The lowest BCUT2D eigenvalue weighted by Gasteiger charge is -2.38. The Morgan fingerprint density at radius 3 is 2.34 bits per heavy atom. The van der Waals surface area contributed by atoms with Crippen LogP contribution in [-0.4, -0.2) is 55.0 Å². The van der Waals surface area contributed by atoms with Gasteiger partial charge in [0.1, 0.15) is 18.1 Å². The molecule has 2 heterocycles. The van der Waals surface area contributed by atoms with Crippen LogP contribution in [0.4, 0.5) is 0 Å². The third kappa shape index (κ3) is 4.79. The molecule has 0 aliphatic carbocycles. The fourth-order valence-electron chi connectivity index (χ4n) is 4.63. The largest absolute Gasteiger partial charge is 0.497 e. The molecule has 2 aliphatic heterocycles. The molecular formula is C26H30N2O4. The lowest BCUT2D eigenvalue weighted by molar-refractivity contribution is -0.128. The second-order valence-electron chi connectivity index (χ2n) is 8.69. The van der Waals surface area contributed by atoms with E-state index in [9.17, 15) is 9.59 Å². The molecular weight excluding hydrogens is 404 g/mol. The maximum absolute atomic E-state index is 12.9. The first-order valence-corrected chi connectivity index (χ1v) is 11.1. The molecule has 0 N–H and O–H groups in total. The number of hydrogen-bond donors (Lipinski definition) is 0. The van der Waals surface area contributed by atoms with Gasteiger partial charge in [-0.05, 0) is 54.8 Å². The summed E-state index contributed by atoms with van der Waals surface area (Å²) in [4.78, 5) is 29.5. The Morgan fingerprint density at radius 1 is 1.06 bits per heavy atom. The van der Waals surface area contributed by atoms with E-state index in [1.807, 2.05) is 46.2 Å². The molecule has 2 aromatic carbocycles. The van der Waals surface area contributed by atoms with Gasteiger partial charge in [0.2, 0.25) is 5.91 Å². The van der Waals surface area contributed by atoms with Crippen molar-refractivity contribution < 1.29 is 19.1 Å². The van der Waals surface area contributed by atoms with Crippen molar-refractivity contribution in [2.24, 2.45) is 5.41 Å². The summed E-state index contributed by atoms with van der Waals surface area (Å²) in [5.74, 6) is 1.78. The van der Waals surface area contributed by atoms with Gasteiger partial charge in [-0.1, -0.05) is 24.8 Å². The van der Waals surface area contributed by atoms with Crippen LogP contribution in [0.2, 0.25) is 0 Å². The third-order valence-corrected chi connectivity index (χ3v) is 6.52. The van der Waals surface area contributed by atoms with Crippen LogP contribution in [0.15, 0.2) is 61.2 Å². The van der Waals surface area contributed by atoms with E-state index in [0.29, 0.717) is 38.2 Å². The van der Waals surface area contributed by atoms with Gasteiger partial charge < -0.3 is 19.3 Å². The number of methoxy groups -OCH3 is 1. The van der Waals surface area contributed by atoms with Crippen LogP contribution in [0.25, 0.3) is 0 Å². The van der Waals surface area contributed by atoms with Gasteiger partial charge in [0.05, 0.1) is 7.11 Å². The number of nitrogens with zero attached hydrogens (tertiary/aromatic N) is 2. The van der Waals surface area contributed by atoms with Crippen molar-refractivity contribution in [1.29, 1.82) is 0 Å². The van der Waals surface area contributed by atoms with Gasteiger partial charge in [0.15, 0.2) is 0 Å². The summed E-state index contributed by atoms with van der Waals surface area (Å²) >= 11 is 0. The van der Waals surface area contributed by atoms with Gasteiger partial charge >= 0.3 is 0 Å². The van der Waals surface area contributed by atoms with Crippen LogP contribution in [0.1, 0.15) is 35.2 Å². The minimum Gasteiger partial charge on any atom is -0.497 e. The fraction of sp³-hybridized carbons (Fsp3) is 0.385. The molecule has 6 heteroatoms. The summed E-state index contributed by atoms with van der Waals surface area (Å²) in [5, 5.41) is 0. The van der Waals surface area contributed by atoms with Gasteiger partial charge in [-0.25, -0.2) is 0 Å². The molecule has 1 spiro atoms. The minimum absolute atomic E-state index is 0.0251. The predicted octanol–water partition coefficient (Wildman–Crippen LogP) is 3.91. The first kappa shape index (κ1) is 21.9. The molecule has 6 nitrogen and oxygen atoms in total. The number of benzene rings is 2. The van der Waals surface area contributed by atoms with Crippen molar-refractivity contribution in [2.75, 3.05) is 33.4 Å². The topological polar surface area (TPSA) is 59.1 Å². The molecule has 2 aromatic rings. The Bertz CT molecular complexity index is 960. The number of piperidine rings is 1. The Labute approximate surface area is 189 Å². The monoisotopic (exact) mass is 434 g/mol. The zero-order valence-corrected chi connectivity index (χ0v) is 18.6. The first-order chi connectivity index (χ1) is 15.5. The quantitative estimate of drug-likeness (QED) is 0.620. The molecule has 2 aliphatic rings. The van der Waals surface area contributed by atoms with E-state index in [2.05, 4.69) is 6.58 Å². The van der Waals surface area contributed by atoms with E-state index in [0.717, 1.165) is 36.4 Å². The summed E-state index contributed by atoms with van der Waals surface area (Å²) < 4.78 is 10.7. The van der Waals surface area contributed by atoms with Crippen molar-refractivity contribution in [2.45, 2.75) is 25.8 Å².